The molecule has 134 valence electrons. The zero-order valence-corrected chi connectivity index (χ0v) is 12.6. The highest BCUT2D eigenvalue weighted by Crippen LogP contribution is 2.32. The summed E-state index contributed by atoms with van der Waals surface area (Å²) in [6, 6.07) is 6.06. The van der Waals surface area contributed by atoms with Gasteiger partial charge in [0.25, 0.3) is 11.8 Å². The smallest absolute Gasteiger partial charge is 0.401 e. The molecule has 1 aliphatic rings. The quantitative estimate of drug-likeness (QED) is 0.389. The maximum absolute atomic E-state index is 12.8. The van der Waals surface area contributed by atoms with Crippen molar-refractivity contribution in [2.24, 2.45) is 0 Å². The third-order valence-corrected chi connectivity index (χ3v) is 3.40. The molecular formula is C15H8F3N3O5. The van der Waals surface area contributed by atoms with Gasteiger partial charge in [0.15, 0.2) is 0 Å². The number of nitro groups is 1. The van der Waals surface area contributed by atoms with Gasteiger partial charge in [0.1, 0.15) is 16.3 Å². The van der Waals surface area contributed by atoms with Crippen molar-refractivity contribution in [3.8, 4) is 0 Å². The third-order valence-electron chi connectivity index (χ3n) is 3.40. The highest BCUT2D eigenvalue weighted by Gasteiger charge is 2.37. The summed E-state index contributed by atoms with van der Waals surface area (Å²) in [5.41, 5.74) is 0.516. The van der Waals surface area contributed by atoms with Gasteiger partial charge in [0, 0.05) is 0 Å². The van der Waals surface area contributed by atoms with Crippen molar-refractivity contribution in [3.05, 3.63) is 63.4 Å². The molecule has 1 aliphatic heterocycles. The molecule has 0 bridgehead atoms. The number of halogens is 3. The molecule has 0 saturated carbocycles. The van der Waals surface area contributed by atoms with Crippen molar-refractivity contribution in [1.29, 1.82) is 0 Å². The molecule has 0 aliphatic carbocycles. The largest absolute Gasteiger partial charge is 0.433 e. The summed E-state index contributed by atoms with van der Waals surface area (Å²) in [6.45, 7) is 0. The molecule has 3 rings (SSSR count). The van der Waals surface area contributed by atoms with Crippen LogP contribution >= 0.6 is 0 Å². The van der Waals surface area contributed by atoms with Gasteiger partial charge >= 0.3 is 12.1 Å². The van der Waals surface area contributed by atoms with Crippen molar-refractivity contribution >= 4 is 29.5 Å². The molecule has 1 aromatic heterocycles. The number of carbonyl (C=O) groups excluding carboxylic acids is 2. The minimum Gasteiger partial charge on any atom is -0.401 e. The van der Waals surface area contributed by atoms with Crippen LogP contribution in [0.1, 0.15) is 11.3 Å². The lowest BCUT2D eigenvalue weighted by Gasteiger charge is -2.16. The second-order valence-corrected chi connectivity index (χ2v) is 5.12. The first-order chi connectivity index (χ1) is 12.2. The summed E-state index contributed by atoms with van der Waals surface area (Å²) in [6.07, 6.45) is -3.65. The SMILES string of the molecule is O=C1NN(c2cccc(C(F)(F)F)c2)C(=O)/C1=C\c1ccc([N+](=O)[O-])o1. The molecule has 0 atom stereocenters. The standard InChI is InChI=1S/C15H8F3N3O5/c16-15(17,18)8-2-1-3-9(6-8)20-14(23)11(13(22)19-20)7-10-4-5-12(26-10)21(24)25/h1-7H,(H,19,22)/b11-7-. The van der Waals surface area contributed by atoms with Gasteiger partial charge in [-0.25, -0.2) is 5.01 Å². The number of anilines is 1. The van der Waals surface area contributed by atoms with Gasteiger partial charge in [-0.3, -0.25) is 25.1 Å². The van der Waals surface area contributed by atoms with Crippen LogP contribution in [0.5, 0.6) is 0 Å². The molecule has 1 N–H and O–H groups in total. The minimum atomic E-state index is -4.62. The van der Waals surface area contributed by atoms with Crippen LogP contribution in [0, 0.1) is 10.1 Å². The van der Waals surface area contributed by atoms with Gasteiger partial charge in [-0.15, -0.1) is 0 Å². The van der Waals surface area contributed by atoms with E-state index in [2.05, 4.69) is 5.43 Å². The number of hydrogen-bond donors (Lipinski definition) is 1. The van der Waals surface area contributed by atoms with Gasteiger partial charge in [-0.05, 0) is 30.3 Å². The number of benzene rings is 1. The lowest BCUT2D eigenvalue weighted by molar-refractivity contribution is -0.402. The molecule has 0 radical (unpaired) electrons. The molecule has 1 fully saturated rings. The van der Waals surface area contributed by atoms with Crippen molar-refractivity contribution in [3.63, 3.8) is 0 Å². The number of amides is 2. The van der Waals surface area contributed by atoms with Crippen LogP contribution in [0.4, 0.5) is 24.7 Å². The van der Waals surface area contributed by atoms with Gasteiger partial charge in [0.05, 0.1) is 17.3 Å². The Hall–Kier alpha value is -3.63. The zero-order chi connectivity index (χ0) is 19.1. The van der Waals surface area contributed by atoms with Crippen LogP contribution in [0.15, 0.2) is 46.4 Å². The van der Waals surface area contributed by atoms with E-state index in [-0.39, 0.29) is 11.4 Å². The summed E-state index contributed by atoms with van der Waals surface area (Å²) in [5, 5.41) is 11.2. The van der Waals surface area contributed by atoms with Crippen LogP contribution in [0.25, 0.3) is 6.08 Å². The third kappa shape index (κ3) is 3.14. The Morgan fingerprint density at radius 1 is 1.19 bits per heavy atom. The zero-order valence-electron chi connectivity index (χ0n) is 12.6. The Kier molecular flexibility index (Phi) is 3.98. The average Bonchev–Trinajstić information content (AvgIpc) is 3.15. The molecule has 11 heteroatoms. The highest BCUT2D eigenvalue weighted by molar-refractivity contribution is 6.31. The van der Waals surface area contributed by atoms with E-state index in [0.29, 0.717) is 11.1 Å². The van der Waals surface area contributed by atoms with Gasteiger partial charge in [-0.2, -0.15) is 13.2 Å². The molecule has 2 heterocycles. The molecule has 26 heavy (non-hydrogen) atoms. The summed E-state index contributed by atoms with van der Waals surface area (Å²) >= 11 is 0. The van der Waals surface area contributed by atoms with E-state index >= 15 is 0 Å². The maximum Gasteiger partial charge on any atom is 0.433 e. The molecule has 2 aromatic rings. The number of furan rings is 1. The first-order valence-electron chi connectivity index (χ1n) is 6.95. The average molecular weight is 367 g/mol. The van der Waals surface area contributed by atoms with Crippen molar-refractivity contribution in [1.82, 2.24) is 5.43 Å². The molecular weight excluding hydrogens is 359 g/mol. The fourth-order valence-corrected chi connectivity index (χ4v) is 2.22. The number of alkyl halides is 3. The monoisotopic (exact) mass is 367 g/mol. The van der Waals surface area contributed by atoms with Crippen LogP contribution in [-0.2, 0) is 15.8 Å². The number of nitrogens with zero attached hydrogens (tertiary/aromatic N) is 2. The van der Waals surface area contributed by atoms with Crippen LogP contribution in [0.3, 0.4) is 0 Å². The van der Waals surface area contributed by atoms with Crippen molar-refractivity contribution < 1.29 is 32.1 Å². The minimum absolute atomic E-state index is 0.124. The molecule has 1 saturated heterocycles. The lowest BCUT2D eigenvalue weighted by atomic mass is 10.1. The fraction of sp³-hybridized carbons (Fsp3) is 0.0667. The maximum atomic E-state index is 12.8. The Bertz CT molecular complexity index is 948. The van der Waals surface area contributed by atoms with E-state index in [1.165, 1.54) is 12.1 Å². The number of hydrogen-bond acceptors (Lipinski definition) is 5. The second-order valence-electron chi connectivity index (χ2n) is 5.12. The Balaban J connectivity index is 1.92. The summed E-state index contributed by atoms with van der Waals surface area (Å²) < 4.78 is 43.2. The summed E-state index contributed by atoms with van der Waals surface area (Å²) in [5.74, 6) is -2.52. The van der Waals surface area contributed by atoms with E-state index < -0.39 is 39.9 Å². The van der Waals surface area contributed by atoms with Crippen LogP contribution < -0.4 is 10.4 Å². The first kappa shape index (κ1) is 17.2. The Morgan fingerprint density at radius 2 is 1.92 bits per heavy atom. The van der Waals surface area contributed by atoms with E-state index in [9.17, 15) is 32.9 Å². The molecule has 1 aromatic carbocycles. The van der Waals surface area contributed by atoms with Crippen LogP contribution in [-0.4, -0.2) is 16.7 Å². The molecule has 2 amide bonds. The Labute approximate surface area is 142 Å². The normalized spacial score (nSPS) is 16.3. The molecule has 8 nitrogen and oxygen atoms in total. The second kappa shape index (κ2) is 6.02. The number of rotatable bonds is 3. The molecule has 0 unspecified atom stereocenters. The van der Waals surface area contributed by atoms with Gasteiger partial charge in [-0.1, -0.05) is 6.07 Å². The van der Waals surface area contributed by atoms with Gasteiger partial charge < -0.3 is 4.42 Å². The topological polar surface area (TPSA) is 106 Å². The number of nitrogens with one attached hydrogen (secondary N) is 1. The van der Waals surface area contributed by atoms with Crippen LogP contribution in [0.2, 0.25) is 0 Å². The highest BCUT2D eigenvalue weighted by atomic mass is 19.4. The first-order valence-corrected chi connectivity index (χ1v) is 6.95. The molecule has 0 spiro atoms. The number of hydrazine groups is 1. The van der Waals surface area contributed by atoms with E-state index in [4.69, 9.17) is 4.42 Å². The summed E-state index contributed by atoms with van der Waals surface area (Å²) in [4.78, 5) is 34.1. The predicted octanol–water partition coefficient (Wildman–Crippen LogP) is 2.67. The fourth-order valence-electron chi connectivity index (χ4n) is 2.22. The van der Waals surface area contributed by atoms with E-state index in [1.807, 2.05) is 0 Å². The Morgan fingerprint density at radius 3 is 2.54 bits per heavy atom. The number of carbonyl (C=O) groups is 2. The lowest BCUT2D eigenvalue weighted by Crippen LogP contribution is -2.35. The predicted molar refractivity (Wildman–Crippen MR) is 80.4 cm³/mol. The van der Waals surface area contributed by atoms with E-state index in [0.717, 1.165) is 24.3 Å². The van der Waals surface area contributed by atoms with Gasteiger partial charge in [0.2, 0.25) is 0 Å². The summed E-state index contributed by atoms with van der Waals surface area (Å²) in [7, 11) is 0. The van der Waals surface area contributed by atoms with E-state index in [1.54, 1.807) is 0 Å². The van der Waals surface area contributed by atoms with Crippen molar-refractivity contribution in [2.45, 2.75) is 6.18 Å². The van der Waals surface area contributed by atoms with Crippen molar-refractivity contribution in [2.75, 3.05) is 5.01 Å².